The topological polar surface area (TPSA) is 90.8 Å². The van der Waals surface area contributed by atoms with Crippen molar-refractivity contribution >= 4 is 5.91 Å². The molecule has 8 heteroatoms. The maximum absolute atomic E-state index is 13.4. The highest BCUT2D eigenvalue weighted by Gasteiger charge is 2.34. The fourth-order valence-corrected chi connectivity index (χ4v) is 4.46. The van der Waals surface area contributed by atoms with Gasteiger partial charge < -0.3 is 23.3 Å². The summed E-state index contributed by atoms with van der Waals surface area (Å²) < 4.78 is 22.3. The first kappa shape index (κ1) is 22.7. The number of benzene rings is 2. The van der Waals surface area contributed by atoms with E-state index < -0.39 is 0 Å². The lowest BCUT2D eigenvalue weighted by Crippen LogP contribution is -2.38. The highest BCUT2D eigenvalue weighted by molar-refractivity contribution is 5.92. The molecule has 0 bridgehead atoms. The van der Waals surface area contributed by atoms with E-state index in [9.17, 15) is 4.79 Å². The molecule has 180 valence electrons. The van der Waals surface area contributed by atoms with Gasteiger partial charge in [-0.15, -0.1) is 0 Å². The second-order valence-electron chi connectivity index (χ2n) is 8.47. The molecular formula is C27H27N3O5. The highest BCUT2D eigenvalue weighted by Crippen LogP contribution is 2.33. The van der Waals surface area contributed by atoms with E-state index in [1.807, 2.05) is 48.5 Å². The monoisotopic (exact) mass is 473 g/mol. The highest BCUT2D eigenvalue weighted by atomic mass is 16.5. The fourth-order valence-electron chi connectivity index (χ4n) is 4.46. The minimum Gasteiger partial charge on any atom is -0.497 e. The lowest BCUT2D eigenvalue weighted by atomic mass is 10.0. The van der Waals surface area contributed by atoms with E-state index in [1.54, 1.807) is 31.4 Å². The van der Waals surface area contributed by atoms with E-state index in [4.69, 9.17) is 18.4 Å². The molecule has 0 aliphatic carbocycles. The van der Waals surface area contributed by atoms with Crippen LogP contribution < -0.4 is 9.47 Å². The molecule has 0 radical (unpaired) electrons. The van der Waals surface area contributed by atoms with Crippen LogP contribution in [-0.4, -0.2) is 41.7 Å². The van der Waals surface area contributed by atoms with Gasteiger partial charge in [0, 0.05) is 30.2 Å². The molecule has 3 heterocycles. The van der Waals surface area contributed by atoms with Gasteiger partial charge in [-0.1, -0.05) is 35.5 Å². The summed E-state index contributed by atoms with van der Waals surface area (Å²) in [5, 5.41) is 4.11. The van der Waals surface area contributed by atoms with Gasteiger partial charge in [0.05, 0.1) is 20.4 Å². The van der Waals surface area contributed by atoms with E-state index in [0.717, 1.165) is 41.9 Å². The Balaban J connectivity index is 1.35. The van der Waals surface area contributed by atoms with Crippen molar-refractivity contribution in [3.63, 3.8) is 0 Å². The van der Waals surface area contributed by atoms with Crippen molar-refractivity contribution in [2.45, 2.75) is 31.7 Å². The summed E-state index contributed by atoms with van der Waals surface area (Å²) in [4.78, 5) is 19.7. The van der Waals surface area contributed by atoms with E-state index in [-0.39, 0.29) is 17.7 Å². The van der Waals surface area contributed by atoms with Crippen LogP contribution >= 0.6 is 0 Å². The van der Waals surface area contributed by atoms with Crippen LogP contribution in [0.25, 0.3) is 11.3 Å². The maximum atomic E-state index is 13.4. The summed E-state index contributed by atoms with van der Waals surface area (Å²) in [5.41, 5.74) is 2.41. The minimum atomic E-state index is -0.256. The van der Waals surface area contributed by atoms with E-state index in [0.29, 0.717) is 30.3 Å². The molecule has 1 unspecified atom stereocenters. The molecule has 2 aromatic heterocycles. The van der Waals surface area contributed by atoms with E-state index >= 15 is 0 Å². The standard InChI is InChI=1S/C27H27N3O5/c1-32-20-10-7-9-18(14-20)22-16-25(35-29-22)27(31)30-13-6-5-11-23(30)26-28-17-21(34-26)15-19-8-3-4-12-24(19)33-2/h3-4,7-10,12,14,16-17,23H,5-6,11,13,15H2,1-2H3. The van der Waals surface area contributed by atoms with Crippen molar-refractivity contribution in [3.8, 4) is 22.8 Å². The molecule has 5 rings (SSSR count). The minimum absolute atomic E-state index is 0.190. The SMILES string of the molecule is COc1cccc(-c2cc(C(=O)N3CCCCC3c3ncc(Cc4ccccc4OC)o3)on2)c1. The molecule has 1 fully saturated rings. The van der Waals surface area contributed by atoms with Gasteiger partial charge in [-0.25, -0.2) is 4.98 Å². The van der Waals surface area contributed by atoms with Crippen LogP contribution in [0.5, 0.6) is 11.5 Å². The molecule has 1 amide bonds. The molecule has 1 atom stereocenters. The summed E-state index contributed by atoms with van der Waals surface area (Å²) in [6.07, 6.45) is 4.97. The molecule has 35 heavy (non-hydrogen) atoms. The number of piperidine rings is 1. The number of rotatable bonds is 7. The normalized spacial score (nSPS) is 15.7. The Bertz CT molecular complexity index is 1310. The third kappa shape index (κ3) is 4.77. The van der Waals surface area contributed by atoms with Crippen molar-refractivity contribution in [1.82, 2.24) is 15.0 Å². The molecule has 0 saturated carbocycles. The quantitative estimate of drug-likeness (QED) is 0.359. The van der Waals surface area contributed by atoms with Crippen molar-refractivity contribution in [3.05, 3.63) is 83.8 Å². The molecular weight excluding hydrogens is 446 g/mol. The number of ether oxygens (including phenoxy) is 2. The number of nitrogens with zero attached hydrogens (tertiary/aromatic N) is 3. The van der Waals surface area contributed by atoms with Gasteiger partial charge in [-0.05, 0) is 37.5 Å². The molecule has 8 nitrogen and oxygen atoms in total. The Morgan fingerprint density at radius 3 is 2.83 bits per heavy atom. The first-order valence-corrected chi connectivity index (χ1v) is 11.6. The van der Waals surface area contributed by atoms with Gasteiger partial charge in [0.2, 0.25) is 11.7 Å². The summed E-state index contributed by atoms with van der Waals surface area (Å²) >= 11 is 0. The molecule has 0 spiro atoms. The summed E-state index contributed by atoms with van der Waals surface area (Å²) in [7, 11) is 3.26. The zero-order valence-corrected chi connectivity index (χ0v) is 19.8. The Labute approximate surface area is 203 Å². The van der Waals surface area contributed by atoms with Crippen molar-refractivity contribution < 1.29 is 23.2 Å². The van der Waals surface area contributed by atoms with Crippen molar-refractivity contribution in [1.29, 1.82) is 0 Å². The first-order valence-electron chi connectivity index (χ1n) is 11.6. The number of methoxy groups -OCH3 is 2. The molecule has 1 saturated heterocycles. The van der Waals surface area contributed by atoms with Gasteiger partial charge in [-0.3, -0.25) is 4.79 Å². The molecule has 1 aliphatic rings. The van der Waals surface area contributed by atoms with Gasteiger partial charge in [0.1, 0.15) is 29.0 Å². The number of amides is 1. The Morgan fingerprint density at radius 2 is 1.97 bits per heavy atom. The van der Waals surface area contributed by atoms with Crippen LogP contribution in [0.2, 0.25) is 0 Å². The fraction of sp³-hybridized carbons (Fsp3) is 0.296. The van der Waals surface area contributed by atoms with Crippen molar-refractivity contribution in [2.24, 2.45) is 0 Å². The van der Waals surface area contributed by atoms with Gasteiger partial charge in [0.15, 0.2) is 0 Å². The second kappa shape index (κ2) is 10.0. The van der Waals surface area contributed by atoms with Gasteiger partial charge in [0.25, 0.3) is 5.91 Å². The average Bonchev–Trinajstić information content (AvgIpc) is 3.59. The number of hydrogen-bond acceptors (Lipinski definition) is 7. The average molecular weight is 474 g/mol. The number of carbonyl (C=O) groups excluding carboxylic acids is 1. The molecule has 0 N–H and O–H groups in total. The number of hydrogen-bond donors (Lipinski definition) is 0. The number of oxazole rings is 1. The third-order valence-electron chi connectivity index (χ3n) is 6.26. The molecule has 1 aliphatic heterocycles. The van der Waals surface area contributed by atoms with Gasteiger partial charge in [-0.2, -0.15) is 0 Å². The van der Waals surface area contributed by atoms with Crippen LogP contribution in [0.1, 0.15) is 53.1 Å². The van der Waals surface area contributed by atoms with Crippen LogP contribution in [0.15, 0.2) is 69.7 Å². The predicted octanol–water partition coefficient (Wildman–Crippen LogP) is 5.31. The lowest BCUT2D eigenvalue weighted by Gasteiger charge is -2.32. The van der Waals surface area contributed by atoms with Crippen LogP contribution in [0.4, 0.5) is 0 Å². The van der Waals surface area contributed by atoms with Crippen LogP contribution in [-0.2, 0) is 6.42 Å². The maximum Gasteiger partial charge on any atom is 0.293 e. The Kier molecular flexibility index (Phi) is 6.52. The van der Waals surface area contributed by atoms with Gasteiger partial charge >= 0.3 is 0 Å². The zero-order chi connectivity index (χ0) is 24.2. The van der Waals surface area contributed by atoms with Crippen LogP contribution in [0.3, 0.4) is 0 Å². The second-order valence-corrected chi connectivity index (χ2v) is 8.47. The molecule has 2 aromatic carbocycles. The predicted molar refractivity (Wildman–Crippen MR) is 128 cm³/mol. The van der Waals surface area contributed by atoms with Crippen LogP contribution in [0, 0.1) is 0 Å². The smallest absolute Gasteiger partial charge is 0.293 e. The largest absolute Gasteiger partial charge is 0.497 e. The van der Waals surface area contributed by atoms with E-state index in [1.165, 1.54) is 0 Å². The number of aromatic nitrogens is 2. The summed E-state index contributed by atoms with van der Waals surface area (Å²) in [6, 6.07) is 16.7. The summed E-state index contributed by atoms with van der Waals surface area (Å²) in [6.45, 7) is 0.600. The lowest BCUT2D eigenvalue weighted by molar-refractivity contribution is 0.0528. The molecule has 4 aromatic rings. The third-order valence-corrected chi connectivity index (χ3v) is 6.26. The first-order chi connectivity index (χ1) is 17.2. The number of para-hydroxylation sites is 1. The number of carbonyl (C=O) groups is 1. The van der Waals surface area contributed by atoms with E-state index in [2.05, 4.69) is 10.1 Å². The summed E-state index contributed by atoms with van der Waals surface area (Å²) in [5.74, 6) is 2.74. The Hall–Kier alpha value is -4.07. The van der Waals surface area contributed by atoms with Crippen molar-refractivity contribution in [2.75, 3.05) is 20.8 Å². The zero-order valence-electron chi connectivity index (χ0n) is 19.8. The Morgan fingerprint density at radius 1 is 1.09 bits per heavy atom. The number of likely N-dealkylation sites (tertiary alicyclic amines) is 1.